The van der Waals surface area contributed by atoms with Crippen LogP contribution in [0.4, 0.5) is 5.69 Å². The van der Waals surface area contributed by atoms with Gasteiger partial charge in [0.1, 0.15) is 5.52 Å². The summed E-state index contributed by atoms with van der Waals surface area (Å²) >= 11 is 6.10. The molecule has 0 spiro atoms. The first-order chi connectivity index (χ1) is 13.3. The van der Waals surface area contributed by atoms with Gasteiger partial charge in [-0.1, -0.05) is 65.4 Å². The summed E-state index contributed by atoms with van der Waals surface area (Å²) in [7, 11) is 0. The van der Waals surface area contributed by atoms with Gasteiger partial charge in [0.25, 0.3) is 0 Å². The lowest BCUT2D eigenvalue weighted by Gasteiger charge is -2.27. The molecule has 134 valence electrons. The number of hydrogen-bond acceptors (Lipinski definition) is 3. The largest absolute Gasteiger partial charge is 0.376 e. The number of nitrogens with zero attached hydrogens (tertiary/aromatic N) is 3. The van der Waals surface area contributed by atoms with Crippen molar-refractivity contribution in [2.45, 2.75) is 12.1 Å². The summed E-state index contributed by atoms with van der Waals surface area (Å²) in [5.41, 5.74) is 3.94. The van der Waals surface area contributed by atoms with Gasteiger partial charge in [-0.05, 0) is 42.0 Å². The smallest absolute Gasteiger partial charge is 0.113 e. The Kier molecular flexibility index (Phi) is 4.90. The molecule has 0 radical (unpaired) electrons. The quantitative estimate of drug-likeness (QED) is 0.442. The fourth-order valence-electron chi connectivity index (χ4n) is 3.23. The van der Waals surface area contributed by atoms with Crippen LogP contribution in [0.5, 0.6) is 0 Å². The number of fused-ring (bicyclic) bond motifs is 1. The lowest BCUT2D eigenvalue weighted by Crippen LogP contribution is -2.23. The third kappa shape index (κ3) is 3.57. The summed E-state index contributed by atoms with van der Waals surface area (Å²) in [6.07, 6.45) is 1.90. The first-order valence-corrected chi connectivity index (χ1v) is 9.13. The highest BCUT2D eigenvalue weighted by Gasteiger charge is 2.25. The van der Waals surface area contributed by atoms with E-state index >= 15 is 0 Å². The Morgan fingerprint density at radius 1 is 0.926 bits per heavy atom. The van der Waals surface area contributed by atoms with Crippen LogP contribution in [0.15, 0.2) is 91.5 Å². The number of para-hydroxylation sites is 2. The summed E-state index contributed by atoms with van der Waals surface area (Å²) in [4.78, 5) is 0. The van der Waals surface area contributed by atoms with Gasteiger partial charge in [0.05, 0.1) is 17.6 Å². The van der Waals surface area contributed by atoms with Crippen molar-refractivity contribution in [3.8, 4) is 0 Å². The average Bonchev–Trinajstić information content (AvgIpc) is 3.13. The first-order valence-electron chi connectivity index (χ1n) is 8.76. The number of hydrogen-bond donors (Lipinski definition) is 1. The number of halogens is 1. The minimum absolute atomic E-state index is 0.0905. The van der Waals surface area contributed by atoms with E-state index in [2.05, 4.69) is 22.2 Å². The van der Waals surface area contributed by atoms with E-state index in [1.165, 1.54) is 0 Å². The molecular weight excluding hydrogens is 356 g/mol. The maximum Gasteiger partial charge on any atom is 0.113 e. The molecule has 27 heavy (non-hydrogen) atoms. The molecule has 0 saturated heterocycles. The number of rotatable bonds is 6. The summed E-state index contributed by atoms with van der Waals surface area (Å²) in [5.74, 6) is 0. The molecule has 1 heterocycles. The van der Waals surface area contributed by atoms with Gasteiger partial charge >= 0.3 is 0 Å². The van der Waals surface area contributed by atoms with E-state index in [9.17, 15) is 0 Å². The van der Waals surface area contributed by atoms with E-state index in [0.29, 0.717) is 5.02 Å². The number of anilines is 1. The lowest BCUT2D eigenvalue weighted by molar-refractivity contribution is 0.478. The molecular formula is C22H19ClN4. The number of nitrogens with one attached hydrogen (secondary N) is 1. The first kappa shape index (κ1) is 17.3. The van der Waals surface area contributed by atoms with E-state index in [4.69, 9.17) is 11.6 Å². The molecule has 0 aliphatic rings. The highest BCUT2D eigenvalue weighted by molar-refractivity contribution is 6.30. The molecule has 0 bridgehead atoms. The van der Waals surface area contributed by atoms with Crippen molar-refractivity contribution in [2.24, 2.45) is 0 Å². The van der Waals surface area contributed by atoms with Gasteiger partial charge in [-0.2, -0.15) is 0 Å². The lowest BCUT2D eigenvalue weighted by atomic mass is 9.98. The van der Waals surface area contributed by atoms with E-state index < -0.39 is 0 Å². The van der Waals surface area contributed by atoms with E-state index in [-0.39, 0.29) is 12.1 Å². The Bertz CT molecular complexity index is 1040. The van der Waals surface area contributed by atoms with Crippen LogP contribution in [0.2, 0.25) is 5.02 Å². The van der Waals surface area contributed by atoms with Crippen LogP contribution in [0.3, 0.4) is 0 Å². The zero-order valence-electron chi connectivity index (χ0n) is 14.7. The Morgan fingerprint density at radius 2 is 1.63 bits per heavy atom. The summed E-state index contributed by atoms with van der Waals surface area (Å²) in [6, 6.07) is 25.7. The molecule has 0 aliphatic carbocycles. The van der Waals surface area contributed by atoms with Gasteiger partial charge in [-0.15, -0.1) is 11.7 Å². The normalized spacial score (nSPS) is 13.2. The molecule has 0 aliphatic heterocycles. The van der Waals surface area contributed by atoms with Crippen LogP contribution in [0.25, 0.3) is 11.0 Å². The maximum absolute atomic E-state index is 6.10. The number of aromatic nitrogens is 3. The zero-order chi connectivity index (χ0) is 18.6. The third-order valence-corrected chi connectivity index (χ3v) is 4.82. The Labute approximate surface area is 163 Å². The fourth-order valence-corrected chi connectivity index (χ4v) is 3.36. The molecule has 0 fully saturated rings. The molecule has 4 rings (SSSR count). The van der Waals surface area contributed by atoms with Crippen molar-refractivity contribution in [1.82, 2.24) is 15.0 Å². The van der Waals surface area contributed by atoms with Crippen LogP contribution >= 0.6 is 11.6 Å². The van der Waals surface area contributed by atoms with Gasteiger partial charge in [-0.3, -0.25) is 0 Å². The van der Waals surface area contributed by atoms with Gasteiger partial charge in [-0.25, -0.2) is 4.68 Å². The predicted molar refractivity (Wildman–Crippen MR) is 111 cm³/mol. The predicted octanol–water partition coefficient (Wildman–Crippen LogP) is 5.67. The number of benzene rings is 3. The summed E-state index contributed by atoms with van der Waals surface area (Å²) in [5, 5.41) is 13.0. The SMILES string of the molecule is C=CC(C(Nc1ccccc1)c1ccc(Cl)cc1)n1nnc2ccccc21. The van der Waals surface area contributed by atoms with Crippen molar-refractivity contribution < 1.29 is 0 Å². The topological polar surface area (TPSA) is 42.7 Å². The standard InChI is InChI=1S/C22H19ClN4/c1-2-20(27-21-11-7-6-10-19(21)25-26-27)22(16-12-14-17(23)15-13-16)24-18-8-4-3-5-9-18/h2-15,20,22,24H,1H2. The second-order valence-electron chi connectivity index (χ2n) is 6.29. The van der Waals surface area contributed by atoms with E-state index in [1.807, 2.05) is 89.6 Å². The van der Waals surface area contributed by atoms with Crippen LogP contribution in [0, 0.1) is 0 Å². The molecule has 5 heteroatoms. The third-order valence-electron chi connectivity index (χ3n) is 4.57. The molecule has 4 aromatic rings. The zero-order valence-corrected chi connectivity index (χ0v) is 15.4. The highest BCUT2D eigenvalue weighted by Crippen LogP contribution is 2.33. The molecule has 4 nitrogen and oxygen atoms in total. The Hall–Kier alpha value is -3.11. The van der Waals surface area contributed by atoms with E-state index in [0.717, 1.165) is 22.3 Å². The van der Waals surface area contributed by atoms with Crippen LogP contribution in [-0.2, 0) is 0 Å². The fraction of sp³-hybridized carbons (Fsp3) is 0.0909. The van der Waals surface area contributed by atoms with Crippen LogP contribution in [-0.4, -0.2) is 15.0 Å². The van der Waals surface area contributed by atoms with Gasteiger partial charge in [0.2, 0.25) is 0 Å². The maximum atomic E-state index is 6.10. The second kappa shape index (κ2) is 7.64. The minimum Gasteiger partial charge on any atom is -0.376 e. The molecule has 1 N–H and O–H groups in total. The van der Waals surface area contributed by atoms with Gasteiger partial charge in [0.15, 0.2) is 0 Å². The van der Waals surface area contributed by atoms with Gasteiger partial charge in [0, 0.05) is 10.7 Å². The van der Waals surface area contributed by atoms with Gasteiger partial charge < -0.3 is 5.32 Å². The Morgan fingerprint density at radius 3 is 2.37 bits per heavy atom. The molecule has 0 saturated carbocycles. The van der Waals surface area contributed by atoms with Crippen LogP contribution < -0.4 is 5.32 Å². The highest BCUT2D eigenvalue weighted by atomic mass is 35.5. The molecule has 0 amide bonds. The monoisotopic (exact) mass is 374 g/mol. The van der Waals surface area contributed by atoms with Crippen molar-refractivity contribution in [3.05, 3.63) is 102 Å². The van der Waals surface area contributed by atoms with Crippen molar-refractivity contribution in [2.75, 3.05) is 5.32 Å². The van der Waals surface area contributed by atoms with Crippen LogP contribution in [0.1, 0.15) is 17.6 Å². The van der Waals surface area contributed by atoms with Crippen molar-refractivity contribution in [3.63, 3.8) is 0 Å². The summed E-state index contributed by atoms with van der Waals surface area (Å²) in [6.45, 7) is 4.07. The molecule has 2 atom stereocenters. The van der Waals surface area contributed by atoms with E-state index in [1.54, 1.807) is 0 Å². The second-order valence-corrected chi connectivity index (χ2v) is 6.73. The Balaban J connectivity index is 1.80. The van der Waals surface area contributed by atoms with Crippen molar-refractivity contribution >= 4 is 28.3 Å². The van der Waals surface area contributed by atoms with Crippen molar-refractivity contribution in [1.29, 1.82) is 0 Å². The molecule has 3 aromatic carbocycles. The molecule has 1 aromatic heterocycles. The minimum atomic E-state index is -0.140. The summed E-state index contributed by atoms with van der Waals surface area (Å²) < 4.78 is 1.91. The average molecular weight is 375 g/mol. The molecule has 2 unspecified atom stereocenters.